The van der Waals surface area contributed by atoms with Gasteiger partial charge in [-0.3, -0.25) is 4.18 Å². The number of carboxylic acids is 2. The Morgan fingerprint density at radius 1 is 0.892 bits per heavy atom. The average molecular weight is 600 g/mol. The minimum atomic E-state index is -7.22. The van der Waals surface area contributed by atoms with Gasteiger partial charge in [-0.15, -0.1) is 0 Å². The first kappa shape index (κ1) is 41.7. The molecule has 0 saturated heterocycles. The predicted octanol–water partition coefficient (Wildman–Crippen LogP) is -3.57. The van der Waals surface area contributed by atoms with E-state index in [9.17, 15) is 67.7 Å². The first-order valence-corrected chi connectivity index (χ1v) is 11.5. The Kier molecular flexibility index (Phi) is 17.2. The molecule has 0 amide bonds. The molecule has 0 aliphatic heterocycles. The summed E-state index contributed by atoms with van der Waals surface area (Å²) >= 11 is 0. The standard InChI is InChI=1S/C18H25F9O7S.2Na/c1-3-5-6-11(4-2)9-14(13(30)31,10-12(28)29)35(32,33)34-8-7-15(19,20)16(21,22)17(23,24)18(25,26)27;;/h11H,3-10H2,1-2H3,(H,28,29)(H,30,31);;/q;2*+1/p-2. The third kappa shape index (κ3) is 9.67. The van der Waals surface area contributed by atoms with Crippen molar-refractivity contribution in [1.82, 2.24) is 0 Å². The van der Waals surface area contributed by atoms with E-state index in [2.05, 4.69) is 4.18 Å². The van der Waals surface area contributed by atoms with Crippen molar-refractivity contribution >= 4 is 22.1 Å². The Morgan fingerprint density at radius 2 is 1.38 bits per heavy atom. The number of carbonyl (C=O) groups is 2. The van der Waals surface area contributed by atoms with Gasteiger partial charge in [-0.05, 0) is 12.3 Å². The van der Waals surface area contributed by atoms with Gasteiger partial charge < -0.3 is 19.8 Å². The summed E-state index contributed by atoms with van der Waals surface area (Å²) in [5.74, 6) is -26.1. The predicted molar refractivity (Wildman–Crippen MR) is 95.7 cm³/mol. The molecule has 0 aliphatic carbocycles. The summed E-state index contributed by atoms with van der Waals surface area (Å²) in [6, 6.07) is 0. The molecule has 0 fully saturated rings. The van der Waals surface area contributed by atoms with Gasteiger partial charge >= 0.3 is 83.1 Å². The van der Waals surface area contributed by atoms with Crippen LogP contribution in [0.25, 0.3) is 0 Å². The van der Waals surface area contributed by atoms with Crippen LogP contribution < -0.4 is 69.3 Å². The van der Waals surface area contributed by atoms with Gasteiger partial charge in [0.15, 0.2) is 0 Å². The molecule has 0 aliphatic rings. The molecule has 0 saturated carbocycles. The number of aliphatic carboxylic acids is 2. The minimum absolute atomic E-state index is 0. The molecule has 37 heavy (non-hydrogen) atoms. The Morgan fingerprint density at radius 3 is 1.73 bits per heavy atom. The second kappa shape index (κ2) is 15.3. The van der Waals surface area contributed by atoms with Crippen molar-refractivity contribution in [2.45, 2.75) is 87.5 Å². The number of rotatable bonds is 16. The van der Waals surface area contributed by atoms with Crippen molar-refractivity contribution in [3.63, 3.8) is 0 Å². The van der Waals surface area contributed by atoms with E-state index in [1.807, 2.05) is 0 Å². The molecule has 0 spiro atoms. The molecule has 2 unspecified atom stereocenters. The second-order valence-electron chi connectivity index (χ2n) is 7.83. The molecule has 2 atom stereocenters. The molecule has 0 N–H and O–H groups in total. The molecule has 7 nitrogen and oxygen atoms in total. The number of hydrogen-bond acceptors (Lipinski definition) is 7. The van der Waals surface area contributed by atoms with Crippen LogP contribution in [0.5, 0.6) is 0 Å². The summed E-state index contributed by atoms with van der Waals surface area (Å²) in [7, 11) is -5.81. The van der Waals surface area contributed by atoms with Gasteiger partial charge in [0.1, 0.15) is 4.75 Å². The summed E-state index contributed by atoms with van der Waals surface area (Å²) in [6.07, 6.45) is -11.3. The smallest absolute Gasteiger partial charge is 0.550 e. The minimum Gasteiger partial charge on any atom is -0.550 e. The van der Waals surface area contributed by atoms with E-state index >= 15 is 0 Å². The quantitative estimate of drug-likeness (QED) is 0.102. The van der Waals surface area contributed by atoms with E-state index in [1.54, 1.807) is 6.92 Å². The molecule has 0 rings (SSSR count). The summed E-state index contributed by atoms with van der Waals surface area (Å²) in [6.45, 7) is 1.01. The summed E-state index contributed by atoms with van der Waals surface area (Å²) in [4.78, 5) is 22.8. The van der Waals surface area contributed by atoms with Crippen LogP contribution in [0, 0.1) is 5.92 Å². The second-order valence-corrected chi connectivity index (χ2v) is 9.75. The molecule has 208 valence electrons. The van der Waals surface area contributed by atoms with Gasteiger partial charge in [0.25, 0.3) is 10.1 Å². The van der Waals surface area contributed by atoms with E-state index in [-0.39, 0.29) is 72.0 Å². The Bertz CT molecular complexity index is 855. The fraction of sp³-hybridized carbons (Fsp3) is 0.889. The van der Waals surface area contributed by atoms with Crippen molar-refractivity contribution in [3.05, 3.63) is 0 Å². The van der Waals surface area contributed by atoms with Crippen molar-refractivity contribution in [2.24, 2.45) is 5.92 Å². The number of hydrogen-bond donors (Lipinski definition) is 0. The average Bonchev–Trinajstić information content (AvgIpc) is 2.67. The van der Waals surface area contributed by atoms with Crippen LogP contribution in [-0.4, -0.2) is 55.7 Å². The van der Waals surface area contributed by atoms with Crippen LogP contribution in [0.3, 0.4) is 0 Å². The third-order valence-electron chi connectivity index (χ3n) is 5.31. The van der Waals surface area contributed by atoms with Crippen molar-refractivity contribution in [2.75, 3.05) is 6.61 Å². The molecule has 0 bridgehead atoms. The summed E-state index contributed by atoms with van der Waals surface area (Å²) in [5, 5.41) is 22.8. The van der Waals surface area contributed by atoms with E-state index < -0.39 is 82.5 Å². The molecule has 0 aromatic carbocycles. The van der Waals surface area contributed by atoms with E-state index in [0.717, 1.165) is 0 Å². The Balaban J connectivity index is -0.00000578. The Hall–Kier alpha value is 0.220. The fourth-order valence-corrected chi connectivity index (χ4v) is 4.59. The third-order valence-corrected chi connectivity index (χ3v) is 7.22. The van der Waals surface area contributed by atoms with Crippen LogP contribution in [0.15, 0.2) is 0 Å². The summed E-state index contributed by atoms with van der Waals surface area (Å²) < 4.78 is 142. The molecule has 0 heterocycles. The maximum atomic E-state index is 13.6. The first-order chi connectivity index (χ1) is 15.6. The number of halogens is 9. The van der Waals surface area contributed by atoms with Crippen molar-refractivity contribution in [1.29, 1.82) is 0 Å². The van der Waals surface area contributed by atoms with Gasteiger partial charge in [-0.2, -0.15) is 47.9 Å². The number of carboxylic acid groups (broad SMARTS) is 2. The van der Waals surface area contributed by atoms with Crippen LogP contribution in [0.1, 0.15) is 58.8 Å². The first-order valence-electron chi connectivity index (χ1n) is 10.1. The van der Waals surface area contributed by atoms with Crippen LogP contribution >= 0.6 is 0 Å². The van der Waals surface area contributed by atoms with Crippen molar-refractivity contribution in [3.8, 4) is 0 Å². The zero-order valence-electron chi connectivity index (χ0n) is 20.4. The number of unbranched alkanes of at least 4 members (excludes halogenated alkanes) is 1. The molecule has 0 radical (unpaired) electrons. The molecular formula is C18H23F9Na2O7S. The zero-order chi connectivity index (χ0) is 28.1. The maximum absolute atomic E-state index is 13.6. The van der Waals surface area contributed by atoms with Gasteiger partial charge in [0.05, 0.1) is 12.6 Å². The number of alkyl halides is 9. The zero-order valence-corrected chi connectivity index (χ0v) is 25.2. The van der Waals surface area contributed by atoms with Crippen LogP contribution in [0.4, 0.5) is 39.5 Å². The molecule has 0 aromatic heterocycles. The van der Waals surface area contributed by atoms with Crippen molar-refractivity contribution < 1.29 is 131 Å². The normalized spacial score (nSPS) is 15.6. The topological polar surface area (TPSA) is 124 Å². The van der Waals surface area contributed by atoms with E-state index in [1.165, 1.54) is 6.92 Å². The largest absolute Gasteiger partial charge is 1.00 e. The van der Waals surface area contributed by atoms with Crippen LogP contribution in [-0.2, 0) is 23.9 Å². The molecular weight excluding hydrogens is 577 g/mol. The van der Waals surface area contributed by atoms with Crippen LogP contribution in [0.2, 0.25) is 0 Å². The monoisotopic (exact) mass is 600 g/mol. The van der Waals surface area contributed by atoms with E-state index in [0.29, 0.717) is 12.8 Å². The van der Waals surface area contributed by atoms with Gasteiger partial charge in [-0.1, -0.05) is 39.5 Å². The maximum Gasteiger partial charge on any atom is 1.00 e. The van der Waals surface area contributed by atoms with E-state index in [4.69, 9.17) is 0 Å². The SMILES string of the molecule is CCCCC(CC)CC(CC(=O)[O-])(C(=O)[O-])S(=O)(=O)OCCC(F)(F)C(F)(F)C(F)(F)C(F)(F)F.[Na+].[Na+]. The van der Waals surface area contributed by atoms with Gasteiger partial charge in [0.2, 0.25) is 0 Å². The number of carbonyl (C=O) groups excluding carboxylic acids is 2. The van der Waals surface area contributed by atoms with Gasteiger partial charge in [-0.25, -0.2) is 0 Å². The molecule has 19 heteroatoms. The Labute approximate surface area is 251 Å². The molecule has 0 aromatic rings. The summed E-state index contributed by atoms with van der Waals surface area (Å²) in [5.41, 5.74) is 0. The fourth-order valence-electron chi connectivity index (χ4n) is 3.12. The van der Waals surface area contributed by atoms with Gasteiger partial charge in [0, 0.05) is 18.8 Å².